The average molecular weight is 330 g/mol. The number of nitrogens with one attached hydrogen (secondary N) is 2. The molecule has 0 fully saturated rings. The first-order valence-electron chi connectivity index (χ1n) is 7.36. The van der Waals surface area contributed by atoms with Crippen LogP contribution in [0.15, 0.2) is 28.4 Å². The summed E-state index contributed by atoms with van der Waals surface area (Å²) in [5, 5.41) is 7.64. The molecule has 1 atom stereocenters. The minimum Gasteiger partial charge on any atom is -0.351 e. The number of thiophene rings is 1. The lowest BCUT2D eigenvalue weighted by molar-refractivity contribution is -0.122. The van der Waals surface area contributed by atoms with E-state index >= 15 is 0 Å². The maximum Gasteiger partial charge on any atom is 0.266 e. The first kappa shape index (κ1) is 15.5. The third-order valence-corrected chi connectivity index (χ3v) is 5.06. The normalized spacial score (nSPS) is 12.5. The van der Waals surface area contributed by atoms with E-state index < -0.39 is 0 Å². The van der Waals surface area contributed by atoms with Crippen LogP contribution in [0.3, 0.4) is 0 Å². The van der Waals surface area contributed by atoms with Crippen molar-refractivity contribution in [3.8, 4) is 0 Å². The van der Waals surface area contributed by atoms with Crippen LogP contribution in [0.4, 0.5) is 0 Å². The van der Waals surface area contributed by atoms with Gasteiger partial charge in [0, 0.05) is 34.4 Å². The standard InChI is InChI=1S/C16H18N4O2S/c1-9(13-5-4-6-23-13)16(22)17-8-12-10(2)18-14-7-15(21)19-20(14)11(12)3/h4-7,9H,8H2,1-3H3,(H,17,22)(H,19,21)/t9-/m1/s1. The van der Waals surface area contributed by atoms with Crippen molar-refractivity contribution >= 4 is 22.9 Å². The Morgan fingerprint density at radius 2 is 2.26 bits per heavy atom. The monoisotopic (exact) mass is 330 g/mol. The number of carbonyl (C=O) groups is 1. The molecule has 0 spiro atoms. The zero-order valence-electron chi connectivity index (χ0n) is 13.2. The van der Waals surface area contributed by atoms with Crippen molar-refractivity contribution < 1.29 is 4.79 Å². The van der Waals surface area contributed by atoms with Gasteiger partial charge in [-0.05, 0) is 32.2 Å². The molecule has 7 heteroatoms. The quantitative estimate of drug-likeness (QED) is 0.769. The number of aromatic nitrogens is 3. The summed E-state index contributed by atoms with van der Waals surface area (Å²) in [4.78, 5) is 29.2. The predicted molar refractivity (Wildman–Crippen MR) is 89.9 cm³/mol. The summed E-state index contributed by atoms with van der Waals surface area (Å²) in [7, 11) is 0. The number of aromatic amines is 1. The zero-order valence-corrected chi connectivity index (χ0v) is 14.0. The Balaban J connectivity index is 1.81. The van der Waals surface area contributed by atoms with E-state index in [1.165, 1.54) is 6.07 Å². The number of fused-ring (bicyclic) bond motifs is 1. The molecule has 0 saturated heterocycles. The van der Waals surface area contributed by atoms with Gasteiger partial charge in [0.05, 0.1) is 5.92 Å². The lowest BCUT2D eigenvalue weighted by Gasteiger charge is -2.14. The Morgan fingerprint density at radius 1 is 1.48 bits per heavy atom. The van der Waals surface area contributed by atoms with Gasteiger partial charge < -0.3 is 5.32 Å². The molecular formula is C16H18N4O2S. The minimum absolute atomic E-state index is 0.0210. The van der Waals surface area contributed by atoms with E-state index in [4.69, 9.17) is 0 Å². The molecule has 0 aliphatic carbocycles. The van der Waals surface area contributed by atoms with Gasteiger partial charge in [-0.1, -0.05) is 6.07 Å². The molecule has 3 heterocycles. The predicted octanol–water partition coefficient (Wildman–Crippen LogP) is 2.12. The van der Waals surface area contributed by atoms with E-state index in [9.17, 15) is 9.59 Å². The fourth-order valence-electron chi connectivity index (χ4n) is 2.61. The maximum absolute atomic E-state index is 12.3. The van der Waals surface area contributed by atoms with E-state index in [1.807, 2.05) is 38.3 Å². The highest BCUT2D eigenvalue weighted by molar-refractivity contribution is 7.10. The third kappa shape index (κ3) is 2.92. The summed E-state index contributed by atoms with van der Waals surface area (Å²) in [5.41, 5.74) is 3.00. The van der Waals surface area contributed by atoms with Gasteiger partial charge in [0.1, 0.15) is 0 Å². The molecule has 0 saturated carbocycles. The van der Waals surface area contributed by atoms with Crippen molar-refractivity contribution in [3.05, 3.63) is 55.8 Å². The summed E-state index contributed by atoms with van der Waals surface area (Å²) in [6.07, 6.45) is 0. The first-order valence-corrected chi connectivity index (χ1v) is 8.24. The van der Waals surface area contributed by atoms with Crippen molar-refractivity contribution in [1.29, 1.82) is 0 Å². The van der Waals surface area contributed by atoms with Gasteiger partial charge in [-0.25, -0.2) is 9.50 Å². The molecule has 3 rings (SSSR count). The topological polar surface area (TPSA) is 79.3 Å². The fourth-order valence-corrected chi connectivity index (χ4v) is 3.39. The van der Waals surface area contributed by atoms with Crippen molar-refractivity contribution in [2.45, 2.75) is 33.2 Å². The summed E-state index contributed by atoms with van der Waals surface area (Å²) in [6, 6.07) is 5.36. The zero-order chi connectivity index (χ0) is 16.6. The van der Waals surface area contributed by atoms with Crippen LogP contribution in [0.2, 0.25) is 0 Å². The number of rotatable bonds is 4. The summed E-state index contributed by atoms with van der Waals surface area (Å²) >= 11 is 1.57. The number of amides is 1. The van der Waals surface area contributed by atoms with E-state index in [0.717, 1.165) is 21.8 Å². The van der Waals surface area contributed by atoms with E-state index in [2.05, 4.69) is 15.4 Å². The number of H-pyrrole nitrogens is 1. The van der Waals surface area contributed by atoms with Crippen LogP contribution in [0.1, 0.15) is 34.7 Å². The Kier molecular flexibility index (Phi) is 4.04. The molecule has 120 valence electrons. The molecular weight excluding hydrogens is 312 g/mol. The molecule has 3 aromatic rings. The maximum atomic E-state index is 12.3. The third-order valence-electron chi connectivity index (χ3n) is 4.01. The SMILES string of the molecule is Cc1nc2cc(=O)[nH]n2c(C)c1CNC(=O)[C@H](C)c1cccs1. The van der Waals surface area contributed by atoms with Gasteiger partial charge in [-0.3, -0.25) is 14.7 Å². The van der Waals surface area contributed by atoms with Gasteiger partial charge >= 0.3 is 0 Å². The Hall–Kier alpha value is -2.41. The highest BCUT2D eigenvalue weighted by Gasteiger charge is 2.17. The largest absolute Gasteiger partial charge is 0.351 e. The highest BCUT2D eigenvalue weighted by Crippen LogP contribution is 2.21. The van der Waals surface area contributed by atoms with Crippen molar-refractivity contribution in [2.75, 3.05) is 0 Å². The Labute approximate surface area is 137 Å². The van der Waals surface area contributed by atoms with Crippen LogP contribution in [0, 0.1) is 13.8 Å². The fraction of sp³-hybridized carbons (Fsp3) is 0.312. The smallest absolute Gasteiger partial charge is 0.266 e. The van der Waals surface area contributed by atoms with Crippen LogP contribution < -0.4 is 10.9 Å². The highest BCUT2D eigenvalue weighted by atomic mass is 32.1. The molecule has 0 aromatic carbocycles. The van der Waals surface area contributed by atoms with Crippen LogP contribution in [-0.2, 0) is 11.3 Å². The second-order valence-electron chi connectivity index (χ2n) is 5.53. The molecule has 0 unspecified atom stereocenters. The Bertz CT molecular complexity index is 908. The Morgan fingerprint density at radius 3 is 2.96 bits per heavy atom. The number of hydrogen-bond donors (Lipinski definition) is 2. The summed E-state index contributed by atoms with van der Waals surface area (Å²) in [5.74, 6) is -0.203. The molecule has 0 aliphatic heterocycles. The first-order chi connectivity index (χ1) is 11.0. The molecule has 6 nitrogen and oxygen atoms in total. The molecule has 3 aromatic heterocycles. The van der Waals surface area contributed by atoms with E-state index in [1.54, 1.807) is 15.9 Å². The molecule has 0 bridgehead atoms. The average Bonchev–Trinajstić information content (AvgIpc) is 3.15. The van der Waals surface area contributed by atoms with Crippen LogP contribution in [0.25, 0.3) is 5.65 Å². The summed E-state index contributed by atoms with van der Waals surface area (Å²) < 4.78 is 1.65. The lowest BCUT2D eigenvalue weighted by Crippen LogP contribution is -2.28. The van der Waals surface area contributed by atoms with Crippen molar-refractivity contribution in [3.63, 3.8) is 0 Å². The van der Waals surface area contributed by atoms with Gasteiger partial charge in [0.25, 0.3) is 5.56 Å². The molecule has 1 amide bonds. The lowest BCUT2D eigenvalue weighted by atomic mass is 10.1. The van der Waals surface area contributed by atoms with E-state index in [0.29, 0.717) is 12.2 Å². The van der Waals surface area contributed by atoms with Crippen molar-refractivity contribution in [1.82, 2.24) is 19.9 Å². The second kappa shape index (κ2) is 6.00. The van der Waals surface area contributed by atoms with Gasteiger partial charge in [-0.15, -0.1) is 11.3 Å². The number of nitrogens with zero attached hydrogens (tertiary/aromatic N) is 2. The van der Waals surface area contributed by atoms with E-state index in [-0.39, 0.29) is 17.4 Å². The van der Waals surface area contributed by atoms with Crippen LogP contribution in [-0.4, -0.2) is 20.5 Å². The number of carbonyl (C=O) groups excluding carboxylic acids is 1. The van der Waals surface area contributed by atoms with Gasteiger partial charge in [-0.2, -0.15) is 0 Å². The number of aryl methyl sites for hydroxylation is 2. The molecule has 23 heavy (non-hydrogen) atoms. The molecule has 0 radical (unpaired) electrons. The molecule has 0 aliphatic rings. The van der Waals surface area contributed by atoms with Crippen LogP contribution >= 0.6 is 11.3 Å². The van der Waals surface area contributed by atoms with Gasteiger partial charge in [0.15, 0.2) is 5.65 Å². The van der Waals surface area contributed by atoms with Crippen LogP contribution in [0.5, 0.6) is 0 Å². The summed E-state index contributed by atoms with van der Waals surface area (Å²) in [6.45, 7) is 6.07. The molecule has 2 N–H and O–H groups in total. The van der Waals surface area contributed by atoms with Crippen molar-refractivity contribution in [2.24, 2.45) is 0 Å². The second-order valence-corrected chi connectivity index (χ2v) is 6.51. The number of hydrogen-bond acceptors (Lipinski definition) is 4. The van der Waals surface area contributed by atoms with Gasteiger partial charge in [0.2, 0.25) is 5.91 Å². The minimum atomic E-state index is -0.187.